The van der Waals surface area contributed by atoms with Gasteiger partial charge in [-0.3, -0.25) is 15.0 Å². The standard InChI is InChI=1S/C15H11N3.H3P/c1-4-12(10-16-7-1)14-6-3-9-18-15(14)13-5-2-8-17-11-13;/h1-11H;1H3. The molecular formula is C15H14N3P. The molecule has 0 aliphatic carbocycles. The second-order valence-corrected chi connectivity index (χ2v) is 3.88. The van der Waals surface area contributed by atoms with Gasteiger partial charge in [-0.15, -0.1) is 0 Å². The number of rotatable bonds is 2. The van der Waals surface area contributed by atoms with Crippen molar-refractivity contribution < 1.29 is 0 Å². The lowest BCUT2D eigenvalue weighted by atomic mass is 10.0. The number of pyridine rings is 3. The lowest BCUT2D eigenvalue weighted by molar-refractivity contribution is 1.27. The maximum Gasteiger partial charge on any atom is 0.0796 e. The Kier molecular flexibility index (Phi) is 4.32. The highest BCUT2D eigenvalue weighted by Crippen LogP contribution is 2.28. The second kappa shape index (κ2) is 6.17. The van der Waals surface area contributed by atoms with Crippen LogP contribution < -0.4 is 0 Å². The zero-order chi connectivity index (χ0) is 12.2. The van der Waals surface area contributed by atoms with Crippen LogP contribution >= 0.6 is 9.90 Å². The molecule has 0 amide bonds. The largest absolute Gasteiger partial charge is 0.264 e. The third kappa shape index (κ3) is 2.83. The molecule has 1 unspecified atom stereocenters. The molecule has 4 heteroatoms. The first kappa shape index (κ1) is 13.3. The van der Waals surface area contributed by atoms with E-state index in [0.717, 1.165) is 22.4 Å². The normalized spacial score (nSPS) is 9.68. The van der Waals surface area contributed by atoms with Crippen LogP contribution in [0.15, 0.2) is 67.4 Å². The Bertz CT molecular complexity index is 583. The summed E-state index contributed by atoms with van der Waals surface area (Å²) in [4.78, 5) is 12.8. The fourth-order valence-corrected chi connectivity index (χ4v) is 1.89. The summed E-state index contributed by atoms with van der Waals surface area (Å²) in [6.45, 7) is 0. The highest BCUT2D eigenvalue weighted by molar-refractivity contribution is 6.92. The highest BCUT2D eigenvalue weighted by Gasteiger charge is 2.07. The van der Waals surface area contributed by atoms with Gasteiger partial charge in [0.05, 0.1) is 5.69 Å². The summed E-state index contributed by atoms with van der Waals surface area (Å²) in [7, 11) is 0. The molecule has 0 fully saturated rings. The number of hydrogen-bond donors (Lipinski definition) is 0. The van der Waals surface area contributed by atoms with Gasteiger partial charge in [-0.1, -0.05) is 12.1 Å². The zero-order valence-electron chi connectivity index (χ0n) is 10.4. The molecule has 3 heterocycles. The SMILES string of the molecule is P.c1cncc(-c2cccnc2-c2cccnc2)c1. The molecule has 0 aliphatic rings. The zero-order valence-corrected chi connectivity index (χ0v) is 11.8. The first-order valence-electron chi connectivity index (χ1n) is 5.71. The van der Waals surface area contributed by atoms with Gasteiger partial charge in [-0.25, -0.2) is 0 Å². The van der Waals surface area contributed by atoms with E-state index >= 15 is 0 Å². The number of hydrogen-bond acceptors (Lipinski definition) is 3. The lowest BCUT2D eigenvalue weighted by Crippen LogP contribution is -1.89. The molecule has 0 saturated carbocycles. The van der Waals surface area contributed by atoms with Crippen LogP contribution in [0.4, 0.5) is 0 Å². The Morgan fingerprint density at radius 1 is 0.684 bits per heavy atom. The van der Waals surface area contributed by atoms with Crippen LogP contribution in [0.25, 0.3) is 22.4 Å². The van der Waals surface area contributed by atoms with E-state index in [0.29, 0.717) is 0 Å². The van der Waals surface area contributed by atoms with Gasteiger partial charge in [-0.2, -0.15) is 9.90 Å². The van der Waals surface area contributed by atoms with Crippen LogP contribution in [0.2, 0.25) is 0 Å². The van der Waals surface area contributed by atoms with Crippen LogP contribution in [0, 0.1) is 0 Å². The molecule has 0 aromatic carbocycles. The van der Waals surface area contributed by atoms with Crippen LogP contribution in [0.3, 0.4) is 0 Å². The van der Waals surface area contributed by atoms with Crippen molar-refractivity contribution in [1.29, 1.82) is 0 Å². The van der Waals surface area contributed by atoms with Gasteiger partial charge in [0.15, 0.2) is 0 Å². The maximum absolute atomic E-state index is 4.46. The van der Waals surface area contributed by atoms with Gasteiger partial charge in [0, 0.05) is 47.7 Å². The molecule has 0 aliphatic heterocycles. The summed E-state index contributed by atoms with van der Waals surface area (Å²) in [5.74, 6) is 0. The van der Waals surface area contributed by atoms with E-state index in [1.54, 1.807) is 18.6 Å². The highest BCUT2D eigenvalue weighted by atomic mass is 31.0. The molecule has 0 N–H and O–H groups in total. The van der Waals surface area contributed by atoms with E-state index in [4.69, 9.17) is 0 Å². The topological polar surface area (TPSA) is 38.7 Å². The molecule has 3 nitrogen and oxygen atoms in total. The summed E-state index contributed by atoms with van der Waals surface area (Å²) in [5, 5.41) is 0. The average molecular weight is 267 g/mol. The average Bonchev–Trinajstić information content (AvgIpc) is 2.49. The van der Waals surface area contributed by atoms with Gasteiger partial charge in [0.2, 0.25) is 0 Å². The van der Waals surface area contributed by atoms with Gasteiger partial charge in [0.25, 0.3) is 0 Å². The van der Waals surface area contributed by atoms with Gasteiger partial charge in [0.1, 0.15) is 0 Å². The van der Waals surface area contributed by atoms with Crippen LogP contribution in [-0.4, -0.2) is 15.0 Å². The smallest absolute Gasteiger partial charge is 0.0796 e. The molecule has 3 aromatic heterocycles. The van der Waals surface area contributed by atoms with E-state index in [1.165, 1.54) is 0 Å². The lowest BCUT2D eigenvalue weighted by Gasteiger charge is -2.07. The van der Waals surface area contributed by atoms with E-state index in [9.17, 15) is 0 Å². The third-order valence-corrected chi connectivity index (χ3v) is 2.72. The molecule has 0 saturated heterocycles. The summed E-state index contributed by atoms with van der Waals surface area (Å²) in [6.07, 6.45) is 8.99. The van der Waals surface area contributed by atoms with Crippen LogP contribution in [0.5, 0.6) is 0 Å². The Labute approximate surface area is 115 Å². The first-order chi connectivity index (χ1) is 8.95. The number of nitrogens with zero attached hydrogens (tertiary/aromatic N) is 3. The molecule has 1 atom stereocenters. The van der Waals surface area contributed by atoms with Crippen molar-refractivity contribution in [3.63, 3.8) is 0 Å². The molecular weight excluding hydrogens is 253 g/mol. The summed E-state index contributed by atoms with van der Waals surface area (Å²) in [5.41, 5.74) is 4.07. The summed E-state index contributed by atoms with van der Waals surface area (Å²) in [6, 6.07) is 11.9. The first-order valence-corrected chi connectivity index (χ1v) is 5.71. The third-order valence-electron chi connectivity index (χ3n) is 2.72. The monoisotopic (exact) mass is 267 g/mol. The van der Waals surface area contributed by atoms with E-state index in [2.05, 4.69) is 15.0 Å². The van der Waals surface area contributed by atoms with Crippen molar-refractivity contribution in [3.8, 4) is 22.4 Å². The minimum Gasteiger partial charge on any atom is -0.264 e. The fraction of sp³-hybridized carbons (Fsp3) is 0. The minimum atomic E-state index is 0. The van der Waals surface area contributed by atoms with E-state index in [-0.39, 0.29) is 9.90 Å². The summed E-state index contributed by atoms with van der Waals surface area (Å²) >= 11 is 0. The predicted octanol–water partition coefficient (Wildman–Crippen LogP) is 3.26. The van der Waals surface area contributed by atoms with Crippen molar-refractivity contribution >= 4 is 9.90 Å². The predicted molar refractivity (Wildman–Crippen MR) is 81.8 cm³/mol. The molecule has 19 heavy (non-hydrogen) atoms. The van der Waals surface area contributed by atoms with E-state index in [1.807, 2.05) is 48.8 Å². The molecule has 0 radical (unpaired) electrons. The Hall–Kier alpha value is -2.12. The molecule has 94 valence electrons. The van der Waals surface area contributed by atoms with E-state index < -0.39 is 0 Å². The van der Waals surface area contributed by atoms with Crippen LogP contribution in [0.1, 0.15) is 0 Å². The number of aromatic nitrogens is 3. The van der Waals surface area contributed by atoms with Crippen LogP contribution in [-0.2, 0) is 0 Å². The van der Waals surface area contributed by atoms with Gasteiger partial charge < -0.3 is 0 Å². The van der Waals surface area contributed by atoms with Gasteiger partial charge >= 0.3 is 0 Å². The minimum absolute atomic E-state index is 0. The Morgan fingerprint density at radius 3 is 1.95 bits per heavy atom. The van der Waals surface area contributed by atoms with Crippen molar-refractivity contribution in [2.24, 2.45) is 0 Å². The Morgan fingerprint density at radius 2 is 1.32 bits per heavy atom. The van der Waals surface area contributed by atoms with Gasteiger partial charge in [-0.05, 0) is 24.3 Å². The second-order valence-electron chi connectivity index (χ2n) is 3.88. The van der Waals surface area contributed by atoms with Crippen molar-refractivity contribution in [2.45, 2.75) is 0 Å². The van der Waals surface area contributed by atoms with Crippen molar-refractivity contribution in [2.75, 3.05) is 0 Å². The van der Waals surface area contributed by atoms with Crippen molar-refractivity contribution in [1.82, 2.24) is 15.0 Å². The molecule has 0 bridgehead atoms. The fourth-order valence-electron chi connectivity index (χ4n) is 1.89. The van der Waals surface area contributed by atoms with Crippen molar-refractivity contribution in [3.05, 3.63) is 67.4 Å². The molecule has 0 spiro atoms. The summed E-state index contributed by atoms with van der Waals surface area (Å²) < 4.78 is 0. The molecule has 3 rings (SSSR count). The maximum atomic E-state index is 4.46. The Balaban J connectivity index is 0.00000133. The quantitative estimate of drug-likeness (QED) is 0.669. The molecule has 3 aromatic rings.